The number of halogens is 1. The fourth-order valence-corrected chi connectivity index (χ4v) is 3.14. The first-order valence-electron chi connectivity index (χ1n) is 4.47. The summed E-state index contributed by atoms with van der Waals surface area (Å²) >= 11 is 0.375. The van der Waals surface area contributed by atoms with Crippen molar-refractivity contribution in [2.75, 3.05) is 0 Å². The zero-order chi connectivity index (χ0) is 13.5. The average molecular weight is 367 g/mol. The van der Waals surface area contributed by atoms with Crippen LogP contribution in [-0.4, -0.2) is 17.5 Å². The summed E-state index contributed by atoms with van der Waals surface area (Å²) in [5.74, 6) is 0. The van der Waals surface area contributed by atoms with Gasteiger partial charge in [-0.25, -0.2) is 0 Å². The third-order valence-corrected chi connectivity index (χ3v) is 4.28. The van der Waals surface area contributed by atoms with Crippen LogP contribution in [0.5, 0.6) is 0 Å². The molecule has 18 heavy (non-hydrogen) atoms. The second kappa shape index (κ2) is 7.93. The Morgan fingerprint density at radius 1 is 1.06 bits per heavy atom. The summed E-state index contributed by atoms with van der Waals surface area (Å²) < 4.78 is 41.6. The summed E-state index contributed by atoms with van der Waals surface area (Å²) in [7, 11) is 0. The predicted octanol–water partition coefficient (Wildman–Crippen LogP) is 2.67. The first-order valence-corrected chi connectivity index (χ1v) is 8.35. The van der Waals surface area contributed by atoms with Crippen molar-refractivity contribution in [3.8, 4) is 0 Å². The van der Waals surface area contributed by atoms with Crippen LogP contribution in [0.4, 0.5) is 0 Å². The van der Waals surface area contributed by atoms with Crippen molar-refractivity contribution in [1.29, 1.82) is 0 Å². The van der Waals surface area contributed by atoms with E-state index in [1.165, 1.54) is 17.4 Å². The maximum atomic E-state index is 10.3. The van der Waals surface area contributed by atoms with E-state index in [1.807, 2.05) is 0 Å². The molecule has 4 nitrogen and oxygen atoms in total. The highest BCUT2D eigenvalue weighted by Gasteiger charge is 1.90. The number of hydrogen-bond acceptors (Lipinski definition) is 5. The van der Waals surface area contributed by atoms with E-state index in [2.05, 4.69) is 15.9 Å². The SMILES string of the molecule is O=S([O-])c1cccc(Br)c1.O=S([O-])c1ccsc1. The lowest BCUT2D eigenvalue weighted by Crippen LogP contribution is -1.86. The normalized spacial score (nSPS) is 13.3. The van der Waals surface area contributed by atoms with Crippen molar-refractivity contribution in [3.05, 3.63) is 45.6 Å². The van der Waals surface area contributed by atoms with Gasteiger partial charge in [-0.05, 0) is 51.8 Å². The zero-order valence-corrected chi connectivity index (χ0v) is 12.8. The minimum absolute atomic E-state index is 0.300. The number of hydrogen-bond donors (Lipinski definition) is 0. The standard InChI is InChI=1S/C6H5BrO2S.C4H4O2S2/c7-5-2-1-3-6(4-5)10(8)9;5-8(6)4-1-2-7-3-4/h1-4H,(H,8,9);1-3H,(H,5,6)/p-2. The maximum Gasteiger partial charge on any atom is 0.0355 e. The molecule has 98 valence electrons. The Bertz CT molecular complexity index is 542. The van der Waals surface area contributed by atoms with E-state index in [0.717, 1.165) is 4.47 Å². The first-order chi connectivity index (χ1) is 8.50. The zero-order valence-electron chi connectivity index (χ0n) is 8.78. The third kappa shape index (κ3) is 5.51. The summed E-state index contributed by atoms with van der Waals surface area (Å²) in [4.78, 5) is 0.671. The smallest absolute Gasteiger partial charge is 0.0355 e. The molecule has 0 fully saturated rings. The van der Waals surface area contributed by atoms with E-state index >= 15 is 0 Å². The Kier molecular flexibility index (Phi) is 6.90. The van der Waals surface area contributed by atoms with Gasteiger partial charge in [-0.1, -0.05) is 22.0 Å². The first kappa shape index (κ1) is 15.7. The van der Waals surface area contributed by atoms with Crippen molar-refractivity contribution < 1.29 is 17.5 Å². The molecule has 2 aromatic rings. The fourth-order valence-electron chi connectivity index (χ4n) is 0.917. The summed E-state index contributed by atoms with van der Waals surface area (Å²) in [6.07, 6.45) is 0. The Balaban J connectivity index is 0.000000184. The quantitative estimate of drug-likeness (QED) is 0.765. The van der Waals surface area contributed by atoms with Crippen LogP contribution in [0, 0.1) is 0 Å². The largest absolute Gasteiger partial charge is 0.768 e. The molecule has 0 N–H and O–H groups in total. The summed E-state index contributed by atoms with van der Waals surface area (Å²) in [6, 6.07) is 8.09. The Morgan fingerprint density at radius 3 is 2.06 bits per heavy atom. The van der Waals surface area contributed by atoms with Gasteiger partial charge in [-0.2, -0.15) is 11.3 Å². The molecule has 0 spiro atoms. The summed E-state index contributed by atoms with van der Waals surface area (Å²) in [5.41, 5.74) is 0. The molecular weight excluding hydrogens is 360 g/mol. The lowest BCUT2D eigenvalue weighted by Gasteiger charge is -2.03. The van der Waals surface area contributed by atoms with Crippen molar-refractivity contribution in [3.63, 3.8) is 0 Å². The molecule has 0 amide bonds. The van der Waals surface area contributed by atoms with E-state index in [0.29, 0.717) is 9.79 Å². The van der Waals surface area contributed by atoms with Crippen molar-refractivity contribution in [1.82, 2.24) is 0 Å². The Labute approximate surface area is 122 Å². The molecule has 1 aromatic heterocycles. The number of thiophene rings is 1. The minimum atomic E-state index is -2.12. The van der Waals surface area contributed by atoms with Gasteiger partial charge >= 0.3 is 0 Å². The molecule has 0 saturated carbocycles. The molecule has 0 aliphatic heterocycles. The summed E-state index contributed by atoms with van der Waals surface area (Å²) in [5, 5.41) is 3.31. The molecule has 2 unspecified atom stereocenters. The highest BCUT2D eigenvalue weighted by molar-refractivity contribution is 9.10. The number of rotatable bonds is 2. The lowest BCUT2D eigenvalue weighted by molar-refractivity contribution is 0.536. The Hall–Kier alpha value is -0.380. The predicted molar refractivity (Wildman–Crippen MR) is 72.8 cm³/mol. The van der Waals surface area contributed by atoms with Crippen molar-refractivity contribution in [2.24, 2.45) is 0 Å². The van der Waals surface area contributed by atoms with Gasteiger partial charge in [0, 0.05) is 19.6 Å². The molecule has 1 aromatic carbocycles. The van der Waals surface area contributed by atoms with Crippen LogP contribution < -0.4 is 0 Å². The molecule has 2 atom stereocenters. The van der Waals surface area contributed by atoms with E-state index < -0.39 is 22.2 Å². The Morgan fingerprint density at radius 2 is 1.72 bits per heavy atom. The van der Waals surface area contributed by atoms with Crippen LogP contribution in [-0.2, 0) is 22.2 Å². The molecule has 2 rings (SSSR count). The summed E-state index contributed by atoms with van der Waals surface area (Å²) in [6.45, 7) is 0. The van der Waals surface area contributed by atoms with Crippen LogP contribution >= 0.6 is 27.3 Å². The lowest BCUT2D eigenvalue weighted by atomic mass is 10.4. The van der Waals surface area contributed by atoms with Gasteiger partial charge in [0.2, 0.25) is 0 Å². The highest BCUT2D eigenvalue weighted by Crippen LogP contribution is 2.13. The van der Waals surface area contributed by atoms with Gasteiger partial charge < -0.3 is 9.11 Å². The van der Waals surface area contributed by atoms with Crippen molar-refractivity contribution >= 4 is 49.4 Å². The number of benzene rings is 1. The molecule has 0 radical (unpaired) electrons. The maximum absolute atomic E-state index is 10.3. The monoisotopic (exact) mass is 366 g/mol. The van der Waals surface area contributed by atoms with Gasteiger partial charge in [0.25, 0.3) is 0 Å². The molecule has 0 bridgehead atoms. The molecule has 1 heterocycles. The van der Waals surface area contributed by atoms with E-state index in [4.69, 9.17) is 0 Å². The molecule has 0 aliphatic carbocycles. The second-order valence-corrected chi connectivity index (χ2v) is 6.46. The molecule has 0 aliphatic rings. The van der Waals surface area contributed by atoms with Crippen LogP contribution in [0.3, 0.4) is 0 Å². The van der Waals surface area contributed by atoms with E-state index in [1.54, 1.807) is 35.0 Å². The third-order valence-electron chi connectivity index (χ3n) is 1.68. The van der Waals surface area contributed by atoms with Crippen LogP contribution in [0.1, 0.15) is 0 Å². The van der Waals surface area contributed by atoms with Crippen LogP contribution in [0.2, 0.25) is 0 Å². The fraction of sp³-hybridized carbons (Fsp3) is 0. The van der Waals surface area contributed by atoms with Gasteiger partial charge in [0.15, 0.2) is 0 Å². The van der Waals surface area contributed by atoms with E-state index in [-0.39, 0.29) is 0 Å². The molecule has 8 heteroatoms. The van der Waals surface area contributed by atoms with Crippen LogP contribution in [0.25, 0.3) is 0 Å². The average Bonchev–Trinajstić information content (AvgIpc) is 2.83. The second-order valence-electron chi connectivity index (χ2n) is 2.89. The van der Waals surface area contributed by atoms with Crippen LogP contribution in [0.15, 0.2) is 55.4 Å². The van der Waals surface area contributed by atoms with Gasteiger partial charge in [-0.3, -0.25) is 8.42 Å². The van der Waals surface area contributed by atoms with Gasteiger partial charge in [-0.15, -0.1) is 0 Å². The van der Waals surface area contributed by atoms with Gasteiger partial charge in [0.05, 0.1) is 0 Å². The van der Waals surface area contributed by atoms with E-state index in [9.17, 15) is 17.5 Å². The minimum Gasteiger partial charge on any atom is -0.768 e. The molecule has 0 saturated heterocycles. The van der Waals surface area contributed by atoms with Gasteiger partial charge in [0.1, 0.15) is 0 Å². The topological polar surface area (TPSA) is 80.3 Å². The molecular formula is C10H7BrO4S3-2. The highest BCUT2D eigenvalue weighted by atomic mass is 79.9. The van der Waals surface area contributed by atoms with Crippen molar-refractivity contribution in [2.45, 2.75) is 9.79 Å².